The summed E-state index contributed by atoms with van der Waals surface area (Å²) >= 11 is 0.919. The first kappa shape index (κ1) is 23.9. The first-order valence-corrected chi connectivity index (χ1v) is 8.44. The topological polar surface area (TPSA) is 75.6 Å². The van der Waals surface area contributed by atoms with Crippen LogP contribution >= 0.6 is 35.3 Å². The summed E-state index contributed by atoms with van der Waals surface area (Å²) in [5, 5.41) is 7.25. The van der Waals surface area contributed by atoms with Gasteiger partial charge >= 0.3 is 12.1 Å². The second kappa shape index (κ2) is 12.3. The molecule has 0 spiro atoms. The number of nitrogens with zero attached hydrogens (tertiary/aromatic N) is 2. The van der Waals surface area contributed by atoms with Gasteiger partial charge in [0.1, 0.15) is 5.01 Å². The number of hydrogen-bond donors (Lipinski definition) is 2. The molecular formula is C14H22F3IN4O2S. The molecule has 1 heterocycles. The van der Waals surface area contributed by atoms with E-state index in [-0.39, 0.29) is 41.5 Å². The van der Waals surface area contributed by atoms with Crippen LogP contribution in [0.4, 0.5) is 13.2 Å². The summed E-state index contributed by atoms with van der Waals surface area (Å²) in [5.41, 5.74) is -0.898. The van der Waals surface area contributed by atoms with Crippen molar-refractivity contribution in [2.45, 2.75) is 39.4 Å². The van der Waals surface area contributed by atoms with Gasteiger partial charge in [-0.2, -0.15) is 13.2 Å². The fourth-order valence-electron chi connectivity index (χ4n) is 1.67. The molecule has 1 aromatic heterocycles. The number of ether oxygens (including phenoxy) is 1. The van der Waals surface area contributed by atoms with E-state index in [9.17, 15) is 18.0 Å². The van der Waals surface area contributed by atoms with Crippen molar-refractivity contribution in [2.75, 3.05) is 19.7 Å². The minimum atomic E-state index is -4.44. The fourth-order valence-corrected chi connectivity index (χ4v) is 2.40. The maximum atomic E-state index is 12.5. The van der Waals surface area contributed by atoms with Crippen LogP contribution in [0, 0.1) is 0 Å². The molecule has 0 radical (unpaired) electrons. The Hall–Kier alpha value is -1.11. The second-order valence-electron chi connectivity index (χ2n) is 4.65. The SMILES string of the molecule is CCNC(=NCc1nc(C(F)(F)F)cs1)NCCCC(=O)OCC.I. The number of esters is 1. The third-order valence-corrected chi connectivity index (χ3v) is 3.55. The largest absolute Gasteiger partial charge is 0.466 e. The van der Waals surface area contributed by atoms with Gasteiger partial charge in [-0.15, -0.1) is 35.3 Å². The standard InChI is InChI=1S/C14H21F3N4O2S.HI/c1-3-18-13(19-7-5-6-12(22)23-4-2)20-8-11-21-10(9-24-11)14(15,16)17;/h9H,3-8H2,1-2H3,(H2,18,19,20);1H. The molecule has 6 nitrogen and oxygen atoms in total. The number of carbonyl (C=O) groups excluding carboxylic acids is 1. The van der Waals surface area contributed by atoms with Gasteiger partial charge in [0.25, 0.3) is 0 Å². The molecule has 144 valence electrons. The lowest BCUT2D eigenvalue weighted by molar-refractivity contribution is -0.143. The first-order chi connectivity index (χ1) is 11.4. The van der Waals surface area contributed by atoms with Gasteiger partial charge in [-0.25, -0.2) is 9.98 Å². The van der Waals surface area contributed by atoms with Crippen LogP contribution in [0.1, 0.15) is 37.4 Å². The number of aromatic nitrogens is 1. The van der Waals surface area contributed by atoms with Gasteiger partial charge in [0, 0.05) is 24.9 Å². The molecule has 0 unspecified atom stereocenters. The van der Waals surface area contributed by atoms with Crippen molar-refractivity contribution in [3.05, 3.63) is 16.1 Å². The van der Waals surface area contributed by atoms with Crippen LogP contribution < -0.4 is 10.6 Å². The van der Waals surface area contributed by atoms with Crippen molar-refractivity contribution in [1.82, 2.24) is 15.6 Å². The summed E-state index contributed by atoms with van der Waals surface area (Å²) in [7, 11) is 0. The quantitative estimate of drug-likeness (QED) is 0.191. The highest BCUT2D eigenvalue weighted by Gasteiger charge is 2.33. The van der Waals surface area contributed by atoms with E-state index in [1.54, 1.807) is 6.92 Å². The van der Waals surface area contributed by atoms with Gasteiger partial charge in [-0.3, -0.25) is 4.79 Å². The Morgan fingerprint density at radius 2 is 2.08 bits per heavy atom. The van der Waals surface area contributed by atoms with Crippen LogP contribution in [0.15, 0.2) is 10.4 Å². The van der Waals surface area contributed by atoms with Crippen LogP contribution in [-0.2, 0) is 22.3 Å². The molecule has 0 atom stereocenters. The monoisotopic (exact) mass is 494 g/mol. The molecule has 11 heteroatoms. The average molecular weight is 494 g/mol. The Morgan fingerprint density at radius 1 is 1.36 bits per heavy atom. The highest BCUT2D eigenvalue weighted by atomic mass is 127. The zero-order chi connectivity index (χ0) is 18.0. The van der Waals surface area contributed by atoms with E-state index < -0.39 is 11.9 Å². The number of carbonyl (C=O) groups is 1. The lowest BCUT2D eigenvalue weighted by Crippen LogP contribution is -2.37. The van der Waals surface area contributed by atoms with Crippen LogP contribution in [0.3, 0.4) is 0 Å². The number of nitrogens with one attached hydrogen (secondary N) is 2. The molecule has 0 aliphatic heterocycles. The van der Waals surface area contributed by atoms with E-state index in [4.69, 9.17) is 4.74 Å². The summed E-state index contributed by atoms with van der Waals surface area (Å²) < 4.78 is 42.3. The number of rotatable bonds is 8. The molecule has 2 N–H and O–H groups in total. The van der Waals surface area contributed by atoms with Crippen LogP contribution in [0.2, 0.25) is 0 Å². The smallest absolute Gasteiger partial charge is 0.434 e. The third-order valence-electron chi connectivity index (χ3n) is 2.71. The minimum Gasteiger partial charge on any atom is -0.466 e. The van der Waals surface area contributed by atoms with Crippen LogP contribution in [0.25, 0.3) is 0 Å². The van der Waals surface area contributed by atoms with E-state index in [0.29, 0.717) is 38.5 Å². The summed E-state index contributed by atoms with van der Waals surface area (Å²) in [6.45, 7) is 5.12. The van der Waals surface area contributed by atoms with E-state index >= 15 is 0 Å². The van der Waals surface area contributed by atoms with Gasteiger partial charge in [0.15, 0.2) is 11.7 Å². The van der Waals surface area contributed by atoms with Crippen LogP contribution in [0.5, 0.6) is 0 Å². The number of halogens is 4. The molecule has 0 saturated heterocycles. The Balaban J connectivity index is 0.00000576. The molecule has 0 aliphatic rings. The fraction of sp³-hybridized carbons (Fsp3) is 0.643. The maximum absolute atomic E-state index is 12.5. The molecule has 0 amide bonds. The number of thiazole rings is 1. The predicted octanol–water partition coefficient (Wildman–Crippen LogP) is 3.18. The zero-order valence-corrected chi connectivity index (χ0v) is 17.1. The molecule has 0 aliphatic carbocycles. The maximum Gasteiger partial charge on any atom is 0.434 e. The number of hydrogen-bond acceptors (Lipinski definition) is 5. The molecule has 0 fully saturated rings. The second-order valence-corrected chi connectivity index (χ2v) is 5.60. The zero-order valence-electron chi connectivity index (χ0n) is 14.0. The van der Waals surface area contributed by atoms with E-state index in [0.717, 1.165) is 16.7 Å². The average Bonchev–Trinajstić information content (AvgIpc) is 2.98. The lowest BCUT2D eigenvalue weighted by atomic mass is 10.3. The summed E-state index contributed by atoms with van der Waals surface area (Å²) in [4.78, 5) is 18.9. The van der Waals surface area contributed by atoms with E-state index in [1.165, 1.54) is 0 Å². The van der Waals surface area contributed by atoms with Crippen molar-refractivity contribution < 1.29 is 22.7 Å². The molecule has 0 saturated carbocycles. The molecule has 0 aromatic carbocycles. The van der Waals surface area contributed by atoms with Crippen molar-refractivity contribution in [3.63, 3.8) is 0 Å². The van der Waals surface area contributed by atoms with E-state index in [1.807, 2.05) is 6.92 Å². The molecule has 1 rings (SSSR count). The van der Waals surface area contributed by atoms with Gasteiger partial charge in [-0.05, 0) is 20.3 Å². The third kappa shape index (κ3) is 9.82. The van der Waals surface area contributed by atoms with Gasteiger partial charge in [0.05, 0.1) is 13.2 Å². The number of aliphatic imine (C=N–C) groups is 1. The summed E-state index contributed by atoms with van der Waals surface area (Å²) in [6, 6.07) is 0. The van der Waals surface area contributed by atoms with Crippen molar-refractivity contribution in [1.29, 1.82) is 0 Å². The Bertz CT molecular complexity index is 552. The molecule has 25 heavy (non-hydrogen) atoms. The Morgan fingerprint density at radius 3 is 2.64 bits per heavy atom. The number of alkyl halides is 3. The first-order valence-electron chi connectivity index (χ1n) is 7.56. The van der Waals surface area contributed by atoms with Crippen molar-refractivity contribution >= 4 is 47.2 Å². The van der Waals surface area contributed by atoms with Gasteiger partial charge < -0.3 is 15.4 Å². The van der Waals surface area contributed by atoms with Gasteiger partial charge in [0.2, 0.25) is 0 Å². The Labute approximate surface area is 165 Å². The van der Waals surface area contributed by atoms with Crippen LogP contribution in [-0.4, -0.2) is 36.6 Å². The molecule has 1 aromatic rings. The van der Waals surface area contributed by atoms with Gasteiger partial charge in [-0.1, -0.05) is 0 Å². The van der Waals surface area contributed by atoms with E-state index in [2.05, 4.69) is 20.6 Å². The predicted molar refractivity (Wildman–Crippen MR) is 101 cm³/mol. The summed E-state index contributed by atoms with van der Waals surface area (Å²) in [6.07, 6.45) is -3.57. The Kier molecular flexibility index (Phi) is 11.7. The minimum absolute atomic E-state index is 0. The highest BCUT2D eigenvalue weighted by molar-refractivity contribution is 14.0. The molecule has 0 bridgehead atoms. The number of guanidine groups is 1. The van der Waals surface area contributed by atoms with Crippen molar-refractivity contribution in [2.24, 2.45) is 4.99 Å². The normalized spacial score (nSPS) is 11.6. The molecular weight excluding hydrogens is 472 g/mol. The highest BCUT2D eigenvalue weighted by Crippen LogP contribution is 2.30. The summed E-state index contributed by atoms with van der Waals surface area (Å²) in [5.74, 6) is 0.203. The van der Waals surface area contributed by atoms with Crippen molar-refractivity contribution in [3.8, 4) is 0 Å². The lowest BCUT2D eigenvalue weighted by Gasteiger charge is -2.10.